The van der Waals surface area contributed by atoms with Crippen LogP contribution in [0.1, 0.15) is 65.2 Å². The van der Waals surface area contributed by atoms with Crippen LogP contribution in [0.25, 0.3) is 0 Å². The summed E-state index contributed by atoms with van der Waals surface area (Å²) in [7, 11) is 0. The summed E-state index contributed by atoms with van der Waals surface area (Å²) in [5.74, 6) is 0. The summed E-state index contributed by atoms with van der Waals surface area (Å²) in [6.07, 6.45) is 7.71. The largest absolute Gasteiger partial charge is 0.377 e. The fourth-order valence-electron chi connectivity index (χ4n) is 4.37. The van der Waals surface area contributed by atoms with E-state index >= 15 is 0 Å². The van der Waals surface area contributed by atoms with Crippen molar-refractivity contribution in [2.45, 2.75) is 88.9 Å². The fraction of sp³-hybridized carbons (Fsp3) is 1.00. The molecule has 0 aromatic heterocycles. The molecule has 30 heavy (non-hydrogen) atoms. The molecule has 3 fully saturated rings. The summed E-state index contributed by atoms with van der Waals surface area (Å²) < 4.78 is 34.3. The highest BCUT2D eigenvalue weighted by atomic mass is 16.7. The highest BCUT2D eigenvalue weighted by Gasteiger charge is 2.52. The standard InChI is InChI=1S/C22H40NO7/c1-21(2)9-10-22(23(21)24,17-25-13-15-29-19-7-3-5-11-27-19)18-26-14-16-30-20-8-4-6-12-28-20/h19-20H,3-18H2,1-2H3. The van der Waals surface area contributed by atoms with Crippen LogP contribution in [0.5, 0.6) is 0 Å². The third-order valence-electron chi connectivity index (χ3n) is 6.26. The normalized spacial score (nSPS) is 32.5. The maximum Gasteiger partial charge on any atom is 0.157 e. The second-order valence-electron chi connectivity index (χ2n) is 9.27. The molecule has 2 atom stereocenters. The van der Waals surface area contributed by atoms with Gasteiger partial charge < -0.3 is 28.4 Å². The van der Waals surface area contributed by atoms with E-state index < -0.39 is 11.1 Å². The topological polar surface area (TPSA) is 78.5 Å². The Hall–Kier alpha value is -0.320. The van der Waals surface area contributed by atoms with Crippen LogP contribution in [0.15, 0.2) is 0 Å². The van der Waals surface area contributed by atoms with E-state index in [0.29, 0.717) is 39.6 Å². The van der Waals surface area contributed by atoms with Gasteiger partial charge in [0.05, 0.1) is 45.2 Å². The van der Waals surface area contributed by atoms with Gasteiger partial charge in [0.15, 0.2) is 12.6 Å². The van der Waals surface area contributed by atoms with Crippen LogP contribution in [0.3, 0.4) is 0 Å². The maximum atomic E-state index is 13.0. The third-order valence-corrected chi connectivity index (χ3v) is 6.26. The van der Waals surface area contributed by atoms with Gasteiger partial charge in [-0.3, -0.25) is 0 Å². The number of hydrogen-bond donors (Lipinski definition) is 0. The van der Waals surface area contributed by atoms with Gasteiger partial charge in [0.25, 0.3) is 0 Å². The molecule has 3 saturated heterocycles. The van der Waals surface area contributed by atoms with E-state index in [1.165, 1.54) is 5.06 Å². The smallest absolute Gasteiger partial charge is 0.157 e. The van der Waals surface area contributed by atoms with Crippen molar-refractivity contribution in [3.63, 3.8) is 0 Å². The van der Waals surface area contributed by atoms with Crippen LogP contribution < -0.4 is 0 Å². The molecule has 1 radical (unpaired) electrons. The number of hydrogen-bond acceptors (Lipinski definition) is 7. The number of ether oxygens (including phenoxy) is 6. The number of nitrogens with zero attached hydrogens (tertiary/aromatic N) is 1. The molecular weight excluding hydrogens is 390 g/mol. The summed E-state index contributed by atoms with van der Waals surface area (Å²) in [6.45, 7) is 7.99. The first kappa shape index (κ1) is 24.3. The van der Waals surface area contributed by atoms with E-state index in [2.05, 4.69) is 0 Å². The van der Waals surface area contributed by atoms with Crippen molar-refractivity contribution in [2.75, 3.05) is 52.9 Å². The SMILES string of the molecule is CC1(C)CCC(COCCOC2CCCCO2)(COCCOC2CCCCO2)N1[O]. The molecule has 0 saturated carbocycles. The lowest BCUT2D eigenvalue weighted by Crippen LogP contribution is -2.54. The Labute approximate surface area is 181 Å². The van der Waals surface area contributed by atoms with Crippen molar-refractivity contribution in [3.8, 4) is 0 Å². The summed E-state index contributed by atoms with van der Waals surface area (Å²) in [5.41, 5.74) is -1.07. The minimum atomic E-state index is -0.661. The molecule has 0 aromatic rings. The van der Waals surface area contributed by atoms with Gasteiger partial charge in [0.1, 0.15) is 0 Å². The Morgan fingerprint density at radius 1 is 0.800 bits per heavy atom. The molecule has 8 nitrogen and oxygen atoms in total. The van der Waals surface area contributed by atoms with Gasteiger partial charge in [-0.15, -0.1) is 10.3 Å². The monoisotopic (exact) mass is 430 g/mol. The molecule has 8 heteroatoms. The van der Waals surface area contributed by atoms with Gasteiger partial charge in [-0.25, -0.2) is 0 Å². The Balaban J connectivity index is 1.36. The Kier molecular flexibility index (Phi) is 9.78. The van der Waals surface area contributed by atoms with Crippen molar-refractivity contribution in [1.29, 1.82) is 0 Å². The van der Waals surface area contributed by atoms with Gasteiger partial charge in [-0.05, 0) is 65.2 Å². The molecule has 175 valence electrons. The zero-order valence-corrected chi connectivity index (χ0v) is 18.8. The molecular formula is C22H40NO7. The molecule has 2 unspecified atom stereocenters. The van der Waals surface area contributed by atoms with Crippen molar-refractivity contribution in [2.24, 2.45) is 0 Å². The first-order valence-corrected chi connectivity index (χ1v) is 11.6. The highest BCUT2D eigenvalue weighted by Crippen LogP contribution is 2.40. The van der Waals surface area contributed by atoms with Gasteiger partial charge in [0, 0.05) is 18.8 Å². The van der Waals surface area contributed by atoms with Gasteiger partial charge in [-0.1, -0.05) is 0 Å². The Bertz CT molecular complexity index is 450. The molecule has 0 spiro atoms. The average molecular weight is 431 g/mol. The van der Waals surface area contributed by atoms with Gasteiger partial charge in [0.2, 0.25) is 0 Å². The third kappa shape index (κ3) is 7.10. The molecule has 3 aliphatic rings. The minimum Gasteiger partial charge on any atom is -0.377 e. The first-order chi connectivity index (χ1) is 14.5. The predicted octanol–water partition coefficient (Wildman–Crippen LogP) is 3.06. The quantitative estimate of drug-likeness (QED) is 0.440. The van der Waals surface area contributed by atoms with Gasteiger partial charge >= 0.3 is 0 Å². The van der Waals surface area contributed by atoms with E-state index in [1.807, 2.05) is 13.8 Å². The molecule has 0 aromatic carbocycles. The van der Waals surface area contributed by atoms with E-state index in [-0.39, 0.29) is 12.6 Å². The lowest BCUT2D eigenvalue weighted by atomic mass is 9.98. The molecule has 0 aliphatic carbocycles. The predicted molar refractivity (Wildman–Crippen MR) is 109 cm³/mol. The molecule has 3 rings (SSSR count). The van der Waals surface area contributed by atoms with Crippen molar-refractivity contribution in [1.82, 2.24) is 5.06 Å². The highest BCUT2D eigenvalue weighted by molar-refractivity contribution is 5.01. The Morgan fingerprint density at radius 2 is 1.33 bits per heavy atom. The van der Waals surface area contributed by atoms with Crippen LogP contribution in [0, 0.1) is 0 Å². The molecule has 0 amide bonds. The van der Waals surface area contributed by atoms with Crippen molar-refractivity contribution in [3.05, 3.63) is 0 Å². The minimum absolute atomic E-state index is 0.116. The zero-order chi connectivity index (χ0) is 21.3. The van der Waals surface area contributed by atoms with E-state index in [4.69, 9.17) is 28.4 Å². The van der Waals surface area contributed by atoms with Crippen LogP contribution >= 0.6 is 0 Å². The fourth-order valence-corrected chi connectivity index (χ4v) is 4.37. The second-order valence-corrected chi connectivity index (χ2v) is 9.27. The molecule has 3 heterocycles. The van der Waals surface area contributed by atoms with Gasteiger partial charge in [-0.2, -0.15) is 0 Å². The van der Waals surface area contributed by atoms with Crippen molar-refractivity contribution >= 4 is 0 Å². The number of hydroxylamine groups is 2. The van der Waals surface area contributed by atoms with E-state index in [1.54, 1.807) is 0 Å². The molecule has 0 N–H and O–H groups in total. The summed E-state index contributed by atoms with van der Waals surface area (Å²) in [6, 6.07) is 0. The van der Waals surface area contributed by atoms with E-state index in [9.17, 15) is 5.21 Å². The summed E-state index contributed by atoms with van der Waals surface area (Å²) in [4.78, 5) is 0. The number of rotatable bonds is 12. The average Bonchev–Trinajstić information content (AvgIpc) is 2.99. The first-order valence-electron chi connectivity index (χ1n) is 11.6. The molecule has 3 aliphatic heterocycles. The van der Waals surface area contributed by atoms with Crippen LogP contribution in [0.4, 0.5) is 0 Å². The van der Waals surface area contributed by atoms with Crippen LogP contribution in [-0.4, -0.2) is 81.6 Å². The van der Waals surface area contributed by atoms with Crippen LogP contribution in [0.2, 0.25) is 0 Å². The Morgan fingerprint density at radius 3 is 1.73 bits per heavy atom. The van der Waals surface area contributed by atoms with Crippen LogP contribution in [-0.2, 0) is 33.6 Å². The van der Waals surface area contributed by atoms with E-state index in [0.717, 1.165) is 64.6 Å². The summed E-state index contributed by atoms with van der Waals surface area (Å²) >= 11 is 0. The maximum absolute atomic E-state index is 13.0. The molecule has 0 bridgehead atoms. The van der Waals surface area contributed by atoms with Crippen molar-refractivity contribution < 1.29 is 33.6 Å². The lowest BCUT2D eigenvalue weighted by molar-refractivity contribution is -0.275. The lowest BCUT2D eigenvalue weighted by Gasteiger charge is -2.37. The second kappa shape index (κ2) is 12.1. The summed E-state index contributed by atoms with van der Waals surface area (Å²) in [5, 5.41) is 14.2. The zero-order valence-electron chi connectivity index (χ0n) is 18.8.